The monoisotopic (exact) mass is 468 g/mol. The van der Waals surface area contributed by atoms with Crippen LogP contribution < -0.4 is 4.74 Å². The lowest BCUT2D eigenvalue weighted by molar-refractivity contribution is -0.148. The van der Waals surface area contributed by atoms with E-state index >= 15 is 0 Å². The van der Waals surface area contributed by atoms with Crippen LogP contribution in [0.25, 0.3) is 11.1 Å². The maximum Gasteiger partial charge on any atom is 0.317 e. The van der Waals surface area contributed by atoms with Gasteiger partial charge < -0.3 is 4.74 Å². The molecule has 0 radical (unpaired) electrons. The van der Waals surface area contributed by atoms with Crippen molar-refractivity contribution in [2.24, 2.45) is 5.41 Å². The maximum atomic E-state index is 13.3. The Hall–Kier alpha value is -1.80. The van der Waals surface area contributed by atoms with E-state index in [0.29, 0.717) is 10.8 Å². The first kappa shape index (κ1) is 25.8. The summed E-state index contributed by atoms with van der Waals surface area (Å²) in [6, 6.07) is 14.5. The average molecular weight is 469 g/mol. The standard InChI is InChI=1S/C30H41ClO2/c1-3-5-7-9-13-24-14-16-25(17-15-24)26-18-19-28(27(31)23-26)33-29(32)30(20-10-6-4-2)21-11-8-12-22-30/h14-19,23H,3-13,20-22H2,1-2H3. The van der Waals surface area contributed by atoms with Gasteiger partial charge in [0.2, 0.25) is 0 Å². The number of rotatable bonds is 12. The molecule has 0 bridgehead atoms. The first-order valence-electron chi connectivity index (χ1n) is 13.2. The van der Waals surface area contributed by atoms with E-state index in [4.69, 9.17) is 16.3 Å². The van der Waals surface area contributed by atoms with Crippen LogP contribution >= 0.6 is 11.6 Å². The van der Waals surface area contributed by atoms with Crippen molar-refractivity contribution in [1.29, 1.82) is 0 Å². The third-order valence-corrected chi connectivity index (χ3v) is 7.54. The molecule has 2 nitrogen and oxygen atoms in total. The van der Waals surface area contributed by atoms with Gasteiger partial charge in [-0.05, 0) is 60.9 Å². The van der Waals surface area contributed by atoms with Crippen LogP contribution in [0, 0.1) is 5.41 Å². The number of aryl methyl sites for hydroxylation is 1. The van der Waals surface area contributed by atoms with Crippen LogP contribution in [0.5, 0.6) is 5.75 Å². The quantitative estimate of drug-likeness (QED) is 0.176. The van der Waals surface area contributed by atoms with Gasteiger partial charge in [-0.3, -0.25) is 4.79 Å². The molecule has 1 fully saturated rings. The smallest absolute Gasteiger partial charge is 0.317 e. The Bertz CT molecular complexity index is 865. The van der Waals surface area contributed by atoms with Crippen molar-refractivity contribution in [2.45, 2.75) is 104 Å². The molecular formula is C30H41ClO2. The van der Waals surface area contributed by atoms with Gasteiger partial charge in [-0.2, -0.15) is 0 Å². The molecule has 33 heavy (non-hydrogen) atoms. The number of unbranched alkanes of at least 4 members (excludes halogenated alkanes) is 5. The van der Waals surface area contributed by atoms with E-state index in [9.17, 15) is 4.79 Å². The molecule has 1 aliphatic carbocycles. The summed E-state index contributed by atoms with van der Waals surface area (Å²) in [6.45, 7) is 4.45. The van der Waals surface area contributed by atoms with Crippen LogP contribution in [0.2, 0.25) is 5.02 Å². The molecule has 0 amide bonds. The molecule has 0 aromatic heterocycles. The van der Waals surface area contributed by atoms with Gasteiger partial charge in [-0.15, -0.1) is 0 Å². The lowest BCUT2D eigenvalue weighted by Gasteiger charge is -2.35. The Morgan fingerprint density at radius 1 is 0.848 bits per heavy atom. The number of esters is 1. The molecule has 0 spiro atoms. The first-order chi connectivity index (χ1) is 16.1. The number of ether oxygens (including phenoxy) is 1. The van der Waals surface area contributed by atoms with E-state index in [1.165, 1.54) is 44.1 Å². The van der Waals surface area contributed by atoms with Crippen LogP contribution in [0.3, 0.4) is 0 Å². The van der Waals surface area contributed by atoms with Gasteiger partial charge in [0.05, 0.1) is 10.4 Å². The van der Waals surface area contributed by atoms with Crippen molar-refractivity contribution in [1.82, 2.24) is 0 Å². The van der Waals surface area contributed by atoms with E-state index in [-0.39, 0.29) is 11.4 Å². The summed E-state index contributed by atoms with van der Waals surface area (Å²) in [7, 11) is 0. The number of hydrogen-bond donors (Lipinski definition) is 0. The van der Waals surface area contributed by atoms with Gasteiger partial charge in [-0.1, -0.05) is 114 Å². The fraction of sp³-hybridized carbons (Fsp3) is 0.567. The minimum Gasteiger partial charge on any atom is -0.425 e. The second-order valence-electron chi connectivity index (χ2n) is 9.84. The molecule has 0 unspecified atom stereocenters. The van der Waals surface area contributed by atoms with Crippen LogP contribution in [0.4, 0.5) is 0 Å². The summed E-state index contributed by atoms with van der Waals surface area (Å²) in [4.78, 5) is 13.3. The van der Waals surface area contributed by atoms with E-state index in [1.54, 1.807) is 0 Å². The Labute approximate surface area is 206 Å². The minimum atomic E-state index is -0.331. The molecule has 2 aromatic rings. The number of carbonyl (C=O) groups excluding carboxylic acids is 1. The van der Waals surface area contributed by atoms with E-state index < -0.39 is 0 Å². The zero-order valence-corrected chi connectivity index (χ0v) is 21.4. The van der Waals surface area contributed by atoms with Gasteiger partial charge in [0, 0.05) is 0 Å². The molecule has 0 N–H and O–H groups in total. The molecule has 0 aliphatic heterocycles. The summed E-state index contributed by atoms with van der Waals surface area (Å²) in [5.41, 5.74) is 3.23. The van der Waals surface area contributed by atoms with Crippen LogP contribution in [0.15, 0.2) is 42.5 Å². The zero-order valence-electron chi connectivity index (χ0n) is 20.6. The molecule has 1 aliphatic rings. The highest BCUT2D eigenvalue weighted by Crippen LogP contribution is 2.43. The Morgan fingerprint density at radius 3 is 2.18 bits per heavy atom. The molecule has 0 heterocycles. The molecule has 1 saturated carbocycles. The van der Waals surface area contributed by atoms with Gasteiger partial charge >= 0.3 is 5.97 Å². The lowest BCUT2D eigenvalue weighted by atomic mass is 9.71. The van der Waals surface area contributed by atoms with Crippen LogP contribution in [-0.2, 0) is 11.2 Å². The molecule has 2 aromatic carbocycles. The summed E-state index contributed by atoms with van der Waals surface area (Å²) in [5, 5.41) is 0.504. The predicted octanol–water partition coefficient (Wildman–Crippen LogP) is 9.57. The van der Waals surface area contributed by atoms with E-state index in [0.717, 1.165) is 62.5 Å². The van der Waals surface area contributed by atoms with Gasteiger partial charge in [0.25, 0.3) is 0 Å². The fourth-order valence-electron chi connectivity index (χ4n) is 5.09. The maximum absolute atomic E-state index is 13.3. The Balaban J connectivity index is 1.65. The fourth-order valence-corrected chi connectivity index (χ4v) is 5.31. The largest absolute Gasteiger partial charge is 0.425 e. The van der Waals surface area contributed by atoms with E-state index in [2.05, 4.69) is 38.1 Å². The first-order valence-corrected chi connectivity index (χ1v) is 13.6. The van der Waals surface area contributed by atoms with Crippen molar-refractivity contribution in [3.8, 4) is 16.9 Å². The Kier molecular flexibility index (Phi) is 10.3. The van der Waals surface area contributed by atoms with Crippen molar-refractivity contribution < 1.29 is 9.53 Å². The molecule has 0 saturated heterocycles. The topological polar surface area (TPSA) is 26.3 Å². The average Bonchev–Trinajstić information content (AvgIpc) is 2.84. The Morgan fingerprint density at radius 2 is 1.52 bits per heavy atom. The molecule has 0 atom stereocenters. The number of benzene rings is 2. The van der Waals surface area contributed by atoms with Crippen LogP contribution in [-0.4, -0.2) is 5.97 Å². The molecule has 3 heteroatoms. The summed E-state index contributed by atoms with van der Waals surface area (Å²) in [5.74, 6) is 0.402. The molecular weight excluding hydrogens is 428 g/mol. The third kappa shape index (κ3) is 7.34. The van der Waals surface area contributed by atoms with Crippen LogP contribution in [0.1, 0.15) is 103 Å². The predicted molar refractivity (Wildman–Crippen MR) is 140 cm³/mol. The SMILES string of the molecule is CCCCCCc1ccc(-c2ccc(OC(=O)C3(CCCCC)CCCCC3)c(Cl)c2)cc1. The summed E-state index contributed by atoms with van der Waals surface area (Å²) >= 11 is 6.59. The van der Waals surface area contributed by atoms with Crippen molar-refractivity contribution in [3.05, 3.63) is 53.1 Å². The lowest BCUT2D eigenvalue weighted by Crippen LogP contribution is -2.37. The highest BCUT2D eigenvalue weighted by atomic mass is 35.5. The van der Waals surface area contributed by atoms with Gasteiger partial charge in [0.15, 0.2) is 0 Å². The molecule has 180 valence electrons. The number of carbonyl (C=O) groups is 1. The second kappa shape index (κ2) is 13.2. The highest BCUT2D eigenvalue weighted by molar-refractivity contribution is 6.32. The summed E-state index contributed by atoms with van der Waals surface area (Å²) < 4.78 is 5.92. The summed E-state index contributed by atoms with van der Waals surface area (Å²) in [6.07, 6.45) is 15.9. The van der Waals surface area contributed by atoms with Gasteiger partial charge in [-0.25, -0.2) is 0 Å². The minimum absolute atomic E-state index is 0.0830. The number of hydrogen-bond acceptors (Lipinski definition) is 2. The van der Waals surface area contributed by atoms with Gasteiger partial charge in [0.1, 0.15) is 5.75 Å². The zero-order chi connectivity index (χ0) is 23.5. The van der Waals surface area contributed by atoms with E-state index in [1.807, 2.05) is 18.2 Å². The second-order valence-corrected chi connectivity index (χ2v) is 10.2. The van der Waals surface area contributed by atoms with Crippen molar-refractivity contribution in [2.75, 3.05) is 0 Å². The number of halogens is 1. The third-order valence-electron chi connectivity index (χ3n) is 7.24. The highest BCUT2D eigenvalue weighted by Gasteiger charge is 2.40. The molecule has 3 rings (SSSR count). The normalized spacial score (nSPS) is 15.4. The van der Waals surface area contributed by atoms with Crippen molar-refractivity contribution in [3.63, 3.8) is 0 Å². The van der Waals surface area contributed by atoms with Crippen molar-refractivity contribution >= 4 is 17.6 Å².